The molecule has 0 bridgehead atoms. The van der Waals surface area contributed by atoms with Gasteiger partial charge in [0.1, 0.15) is 5.58 Å². The molecule has 12 rings (SSSR count). The fourth-order valence-corrected chi connectivity index (χ4v) is 9.13. The van der Waals surface area contributed by atoms with E-state index in [2.05, 4.69) is 217 Å². The Morgan fingerprint density at radius 1 is 0.276 bits per heavy atom. The molecule has 1 heterocycles. The quantitative estimate of drug-likeness (QED) is 0.164. The lowest BCUT2D eigenvalue weighted by molar-refractivity contribution is 0.673. The highest BCUT2D eigenvalue weighted by atomic mass is 16.3. The van der Waals surface area contributed by atoms with Crippen LogP contribution in [0.15, 0.2) is 217 Å². The maximum Gasteiger partial charge on any atom is 0.159 e. The van der Waals surface area contributed by atoms with E-state index in [-0.39, 0.29) is 0 Å². The van der Waals surface area contributed by atoms with Gasteiger partial charge in [-0.15, -0.1) is 0 Å². The Morgan fingerprint density at radius 3 is 1.72 bits per heavy atom. The van der Waals surface area contributed by atoms with Gasteiger partial charge < -0.3 is 9.32 Å². The average molecular weight is 738 g/mol. The van der Waals surface area contributed by atoms with E-state index >= 15 is 0 Å². The van der Waals surface area contributed by atoms with Crippen molar-refractivity contribution in [3.8, 4) is 22.3 Å². The molecule has 0 fully saturated rings. The van der Waals surface area contributed by atoms with E-state index < -0.39 is 0 Å². The Labute approximate surface area is 335 Å². The fourth-order valence-electron chi connectivity index (χ4n) is 9.13. The average Bonchev–Trinajstić information content (AvgIpc) is 3.69. The number of fused-ring (bicyclic) bond motifs is 10. The van der Waals surface area contributed by atoms with Crippen LogP contribution in [0.5, 0.6) is 0 Å². The van der Waals surface area contributed by atoms with Crippen LogP contribution in [0.4, 0.5) is 17.1 Å². The van der Waals surface area contributed by atoms with Gasteiger partial charge in [-0.2, -0.15) is 0 Å². The van der Waals surface area contributed by atoms with Crippen LogP contribution >= 0.6 is 0 Å². The fraction of sp³-hybridized carbons (Fsp3) is 0. The van der Waals surface area contributed by atoms with Crippen LogP contribution in [0.3, 0.4) is 0 Å². The number of furan rings is 1. The second kappa shape index (κ2) is 12.9. The molecule has 0 unspecified atom stereocenters. The highest BCUT2D eigenvalue weighted by molar-refractivity contribution is 6.18. The number of benzene rings is 11. The molecule has 58 heavy (non-hydrogen) atoms. The molecular weight excluding hydrogens is 703 g/mol. The molecule has 12 aromatic rings. The van der Waals surface area contributed by atoms with Gasteiger partial charge in [-0.3, -0.25) is 0 Å². The van der Waals surface area contributed by atoms with E-state index in [1.807, 2.05) is 0 Å². The van der Waals surface area contributed by atoms with Crippen molar-refractivity contribution in [3.05, 3.63) is 212 Å². The lowest BCUT2D eigenvalue weighted by Gasteiger charge is -2.26. The first-order chi connectivity index (χ1) is 28.7. The van der Waals surface area contributed by atoms with Crippen molar-refractivity contribution >= 4 is 92.9 Å². The van der Waals surface area contributed by atoms with Crippen molar-refractivity contribution in [1.82, 2.24) is 0 Å². The molecule has 0 radical (unpaired) electrons. The number of rotatable bonds is 5. The van der Waals surface area contributed by atoms with Crippen molar-refractivity contribution in [2.75, 3.05) is 4.90 Å². The van der Waals surface area contributed by atoms with E-state index in [1.165, 1.54) is 70.7 Å². The van der Waals surface area contributed by atoms with Crippen LogP contribution in [0.25, 0.3) is 98.1 Å². The number of hydrogen-bond acceptors (Lipinski definition) is 2. The molecule has 0 N–H and O–H groups in total. The largest absolute Gasteiger partial charge is 0.453 e. The lowest BCUT2D eigenvalue weighted by Crippen LogP contribution is -2.10. The van der Waals surface area contributed by atoms with E-state index in [4.69, 9.17) is 4.42 Å². The minimum Gasteiger partial charge on any atom is -0.453 e. The number of nitrogens with zero attached hydrogens (tertiary/aromatic N) is 1. The van der Waals surface area contributed by atoms with Gasteiger partial charge in [-0.25, -0.2) is 0 Å². The van der Waals surface area contributed by atoms with Gasteiger partial charge in [-0.05, 0) is 125 Å². The van der Waals surface area contributed by atoms with Crippen LogP contribution in [0, 0.1) is 0 Å². The molecule has 0 aliphatic rings. The molecule has 0 amide bonds. The Bertz CT molecular complexity index is 3580. The number of para-hydroxylation sites is 1. The summed E-state index contributed by atoms with van der Waals surface area (Å²) in [5.41, 5.74) is 9.76. The smallest absolute Gasteiger partial charge is 0.159 e. The molecule has 2 nitrogen and oxygen atoms in total. The summed E-state index contributed by atoms with van der Waals surface area (Å²) < 4.78 is 6.97. The third kappa shape index (κ3) is 5.19. The molecule has 0 saturated heterocycles. The molecule has 0 spiro atoms. The Morgan fingerprint density at radius 2 is 0.862 bits per heavy atom. The Kier molecular flexibility index (Phi) is 7.26. The summed E-state index contributed by atoms with van der Waals surface area (Å²) in [7, 11) is 0. The van der Waals surface area contributed by atoms with Gasteiger partial charge in [0.05, 0.1) is 5.69 Å². The molecule has 2 heteroatoms. The molecule has 0 atom stereocenters. The summed E-state index contributed by atoms with van der Waals surface area (Å²) >= 11 is 0. The highest BCUT2D eigenvalue weighted by Crippen LogP contribution is 2.45. The van der Waals surface area contributed by atoms with Gasteiger partial charge >= 0.3 is 0 Å². The van der Waals surface area contributed by atoms with Crippen LogP contribution < -0.4 is 4.90 Å². The highest BCUT2D eigenvalue weighted by Gasteiger charge is 2.21. The Hall–Kier alpha value is -7.68. The molecule has 0 aliphatic heterocycles. The van der Waals surface area contributed by atoms with Crippen molar-refractivity contribution in [2.45, 2.75) is 0 Å². The molecule has 1 aromatic heterocycles. The van der Waals surface area contributed by atoms with Gasteiger partial charge in [0.2, 0.25) is 0 Å². The van der Waals surface area contributed by atoms with Gasteiger partial charge in [0.15, 0.2) is 5.58 Å². The summed E-state index contributed by atoms with van der Waals surface area (Å²) in [4.78, 5) is 2.37. The number of anilines is 3. The zero-order valence-corrected chi connectivity index (χ0v) is 31.6. The monoisotopic (exact) mass is 737 g/mol. The standard InChI is InChI=1S/C56H35NO/c1-2-11-36(12-3-1)39-22-23-41-33-45(29-26-40(41)31-39)57(54-20-10-19-51-52-30-27-38-13-4-7-16-48(38)55(52)58-56(51)54)46-28-25-37-21-24-43(32-44(37)34-46)53-35-42-14-5-6-15-47(42)49-17-8-9-18-50(49)53/h1-35H. The second-order valence-electron chi connectivity index (χ2n) is 15.3. The summed E-state index contributed by atoms with van der Waals surface area (Å²) in [6, 6.07) is 77.1. The minimum atomic E-state index is 0.866. The lowest BCUT2D eigenvalue weighted by atomic mass is 9.92. The van der Waals surface area contributed by atoms with E-state index in [0.29, 0.717) is 0 Å². The molecule has 0 saturated carbocycles. The van der Waals surface area contributed by atoms with Crippen molar-refractivity contribution in [3.63, 3.8) is 0 Å². The van der Waals surface area contributed by atoms with Gasteiger partial charge in [0.25, 0.3) is 0 Å². The molecular formula is C56H35NO. The van der Waals surface area contributed by atoms with Gasteiger partial charge in [0, 0.05) is 27.5 Å². The van der Waals surface area contributed by atoms with Crippen LogP contribution in [-0.4, -0.2) is 0 Å². The maximum atomic E-state index is 6.97. The molecule has 0 aliphatic carbocycles. The minimum absolute atomic E-state index is 0.866. The number of hydrogen-bond donors (Lipinski definition) is 0. The van der Waals surface area contributed by atoms with E-state index in [9.17, 15) is 0 Å². The topological polar surface area (TPSA) is 16.4 Å². The third-order valence-corrected chi connectivity index (χ3v) is 12.0. The molecule has 270 valence electrons. The zero-order chi connectivity index (χ0) is 38.2. The van der Waals surface area contributed by atoms with Crippen LogP contribution in [0.2, 0.25) is 0 Å². The summed E-state index contributed by atoms with van der Waals surface area (Å²) in [6.07, 6.45) is 0. The zero-order valence-electron chi connectivity index (χ0n) is 31.6. The van der Waals surface area contributed by atoms with Crippen molar-refractivity contribution in [1.29, 1.82) is 0 Å². The van der Waals surface area contributed by atoms with Gasteiger partial charge in [-0.1, -0.05) is 158 Å². The third-order valence-electron chi connectivity index (χ3n) is 12.0. The summed E-state index contributed by atoms with van der Waals surface area (Å²) in [5.74, 6) is 0. The first-order valence-electron chi connectivity index (χ1n) is 19.9. The summed E-state index contributed by atoms with van der Waals surface area (Å²) in [6.45, 7) is 0. The van der Waals surface area contributed by atoms with Crippen LogP contribution in [-0.2, 0) is 0 Å². The predicted molar refractivity (Wildman–Crippen MR) is 247 cm³/mol. The van der Waals surface area contributed by atoms with Crippen molar-refractivity contribution in [2.24, 2.45) is 0 Å². The van der Waals surface area contributed by atoms with E-state index in [0.717, 1.165) is 44.4 Å². The van der Waals surface area contributed by atoms with Crippen molar-refractivity contribution < 1.29 is 4.42 Å². The summed E-state index contributed by atoms with van der Waals surface area (Å²) in [5, 5.41) is 14.3. The van der Waals surface area contributed by atoms with E-state index in [1.54, 1.807) is 0 Å². The SMILES string of the molecule is c1ccc(-c2ccc3cc(N(c4ccc5ccc(-c6cc7ccccc7c7ccccc67)cc5c4)c4cccc5c4oc4c6ccccc6ccc54)ccc3c2)cc1. The Balaban J connectivity index is 1.07. The first-order valence-corrected chi connectivity index (χ1v) is 19.9. The normalized spacial score (nSPS) is 11.8. The van der Waals surface area contributed by atoms with Crippen LogP contribution in [0.1, 0.15) is 0 Å². The second-order valence-corrected chi connectivity index (χ2v) is 15.3. The maximum absolute atomic E-state index is 6.97. The first kappa shape index (κ1) is 32.6. The molecule has 11 aromatic carbocycles. The predicted octanol–water partition coefficient (Wildman–Crippen LogP) is 16.2.